The first kappa shape index (κ1) is 21.4. The summed E-state index contributed by atoms with van der Waals surface area (Å²) in [5.41, 5.74) is 12.6. The zero-order valence-electron chi connectivity index (χ0n) is 21.4. The van der Waals surface area contributed by atoms with E-state index in [1.807, 2.05) is 6.20 Å². The van der Waals surface area contributed by atoms with Crippen LogP contribution >= 0.6 is 0 Å². The van der Waals surface area contributed by atoms with E-state index >= 15 is 0 Å². The fourth-order valence-electron chi connectivity index (χ4n) is 6.60. The Kier molecular flexibility index (Phi) is 4.31. The van der Waals surface area contributed by atoms with Gasteiger partial charge in [-0.05, 0) is 74.7 Å². The predicted octanol–water partition coefficient (Wildman–Crippen LogP) is 9.66. The quantitative estimate of drug-likeness (QED) is 0.242. The summed E-state index contributed by atoms with van der Waals surface area (Å²) in [4.78, 5) is 7.31. The molecule has 0 bridgehead atoms. The lowest BCUT2D eigenvalue weighted by Crippen LogP contribution is -2.19. The third-order valence-corrected chi connectivity index (χ3v) is 8.44. The molecule has 180 valence electrons. The van der Waals surface area contributed by atoms with Gasteiger partial charge < -0.3 is 0 Å². The van der Waals surface area contributed by atoms with Crippen LogP contribution in [-0.4, -0.2) is 4.98 Å². The molecule has 0 fully saturated rings. The standard InChI is InChI=1S/C36H26N2/c1-36(2)30-16-7-6-14-26(30)28-21-29-27-15-8-12-24-13-9-17-32(35(24)27)38(33(29)22-31(28)36)34-20-25(18-19-37-34)23-10-4-3-5-11-23/h3-22H,1-2H3. The van der Waals surface area contributed by atoms with Gasteiger partial charge in [0.25, 0.3) is 0 Å². The van der Waals surface area contributed by atoms with Gasteiger partial charge in [0.2, 0.25) is 0 Å². The Hall–Kier alpha value is -4.69. The van der Waals surface area contributed by atoms with Gasteiger partial charge in [-0.1, -0.05) is 98.8 Å². The maximum atomic E-state index is 4.94. The van der Waals surface area contributed by atoms with Crippen LogP contribution in [0.15, 0.2) is 121 Å². The number of rotatable bonds is 2. The lowest BCUT2D eigenvalue weighted by atomic mass is 9.81. The van der Waals surface area contributed by atoms with E-state index in [1.165, 1.54) is 61.1 Å². The molecule has 0 N–H and O–H groups in total. The Morgan fingerprint density at radius 3 is 2.18 bits per heavy atom. The first-order valence-electron chi connectivity index (χ1n) is 13.2. The molecule has 2 heteroatoms. The molecule has 38 heavy (non-hydrogen) atoms. The van der Waals surface area contributed by atoms with E-state index in [2.05, 4.69) is 134 Å². The molecule has 0 saturated carbocycles. The van der Waals surface area contributed by atoms with Crippen molar-refractivity contribution < 1.29 is 0 Å². The van der Waals surface area contributed by atoms with Crippen LogP contribution in [0.5, 0.6) is 0 Å². The molecular formula is C36H26N2. The molecule has 0 amide bonds. The number of benzene rings is 5. The van der Waals surface area contributed by atoms with E-state index in [-0.39, 0.29) is 5.41 Å². The highest BCUT2D eigenvalue weighted by Gasteiger charge is 2.38. The second-order valence-electron chi connectivity index (χ2n) is 10.9. The average Bonchev–Trinajstić information content (AvgIpc) is 3.19. The van der Waals surface area contributed by atoms with Crippen LogP contribution in [0.4, 0.5) is 17.2 Å². The predicted molar refractivity (Wildman–Crippen MR) is 158 cm³/mol. The van der Waals surface area contributed by atoms with Crippen LogP contribution in [0.3, 0.4) is 0 Å². The number of pyridine rings is 1. The van der Waals surface area contributed by atoms with Gasteiger partial charge in [0.05, 0.1) is 11.4 Å². The van der Waals surface area contributed by atoms with Crippen molar-refractivity contribution in [3.05, 3.63) is 133 Å². The highest BCUT2D eigenvalue weighted by atomic mass is 15.2. The summed E-state index contributed by atoms with van der Waals surface area (Å²) < 4.78 is 0. The first-order chi connectivity index (χ1) is 18.6. The van der Waals surface area contributed by atoms with Crippen molar-refractivity contribution in [2.24, 2.45) is 0 Å². The van der Waals surface area contributed by atoms with Crippen LogP contribution in [0, 0.1) is 0 Å². The normalized spacial score (nSPS) is 14.2. The molecule has 0 radical (unpaired) electrons. The molecule has 8 rings (SSSR count). The maximum absolute atomic E-state index is 4.94. The van der Waals surface area contributed by atoms with Crippen LogP contribution in [-0.2, 0) is 5.41 Å². The first-order valence-corrected chi connectivity index (χ1v) is 13.2. The zero-order valence-corrected chi connectivity index (χ0v) is 21.4. The number of hydrogen-bond donors (Lipinski definition) is 0. The minimum atomic E-state index is -0.0745. The topological polar surface area (TPSA) is 16.1 Å². The third-order valence-electron chi connectivity index (χ3n) is 8.44. The Morgan fingerprint density at radius 2 is 1.32 bits per heavy atom. The van der Waals surface area contributed by atoms with Crippen molar-refractivity contribution in [1.29, 1.82) is 0 Å². The Balaban J connectivity index is 1.44. The second-order valence-corrected chi connectivity index (χ2v) is 10.9. The highest BCUT2D eigenvalue weighted by Crippen LogP contribution is 2.56. The molecule has 5 aromatic carbocycles. The van der Waals surface area contributed by atoms with Crippen molar-refractivity contribution in [2.75, 3.05) is 4.90 Å². The average molecular weight is 487 g/mol. The van der Waals surface area contributed by atoms with Gasteiger partial charge in [-0.2, -0.15) is 0 Å². The molecular weight excluding hydrogens is 460 g/mol. The van der Waals surface area contributed by atoms with Gasteiger partial charge in [-0.25, -0.2) is 4.98 Å². The van der Waals surface area contributed by atoms with Gasteiger partial charge in [-0.3, -0.25) is 4.90 Å². The van der Waals surface area contributed by atoms with Gasteiger partial charge in [-0.15, -0.1) is 0 Å². The van der Waals surface area contributed by atoms with E-state index in [9.17, 15) is 0 Å². The zero-order chi connectivity index (χ0) is 25.4. The summed E-state index contributed by atoms with van der Waals surface area (Å²) >= 11 is 0. The summed E-state index contributed by atoms with van der Waals surface area (Å²) in [6, 6.07) is 41.9. The van der Waals surface area contributed by atoms with Crippen LogP contribution < -0.4 is 4.90 Å². The fourth-order valence-corrected chi connectivity index (χ4v) is 6.60. The lowest BCUT2D eigenvalue weighted by molar-refractivity contribution is 0.660. The van der Waals surface area contributed by atoms with Gasteiger partial charge >= 0.3 is 0 Å². The van der Waals surface area contributed by atoms with Crippen molar-refractivity contribution in [3.63, 3.8) is 0 Å². The molecule has 0 saturated heterocycles. The SMILES string of the molecule is CC1(C)c2ccccc2-c2cc3c(cc21)N(c1cc(-c2ccccc2)ccn1)c1cccc2cccc-3c12. The van der Waals surface area contributed by atoms with Crippen LogP contribution in [0.1, 0.15) is 25.0 Å². The molecule has 0 atom stereocenters. The van der Waals surface area contributed by atoms with Gasteiger partial charge in [0, 0.05) is 22.6 Å². The summed E-state index contributed by atoms with van der Waals surface area (Å²) in [5.74, 6) is 0.933. The molecule has 6 aromatic rings. The summed E-state index contributed by atoms with van der Waals surface area (Å²) in [5, 5.41) is 2.52. The summed E-state index contributed by atoms with van der Waals surface area (Å²) in [6.07, 6.45) is 1.94. The van der Waals surface area contributed by atoms with Crippen molar-refractivity contribution >= 4 is 28.0 Å². The van der Waals surface area contributed by atoms with Crippen LogP contribution in [0.25, 0.3) is 44.2 Å². The highest BCUT2D eigenvalue weighted by molar-refractivity contribution is 6.14. The lowest BCUT2D eigenvalue weighted by Gasteiger charge is -2.34. The van der Waals surface area contributed by atoms with Gasteiger partial charge in [0.1, 0.15) is 5.82 Å². The van der Waals surface area contributed by atoms with E-state index < -0.39 is 0 Å². The molecule has 1 aliphatic carbocycles. The van der Waals surface area contributed by atoms with Crippen molar-refractivity contribution in [2.45, 2.75) is 19.3 Å². The number of fused-ring (bicyclic) bond motifs is 5. The molecule has 0 spiro atoms. The third kappa shape index (κ3) is 2.86. The minimum absolute atomic E-state index is 0.0745. The molecule has 1 aliphatic heterocycles. The number of aromatic nitrogens is 1. The Bertz CT molecular complexity index is 1890. The largest absolute Gasteiger partial charge is 0.294 e. The number of hydrogen-bond acceptors (Lipinski definition) is 2. The molecule has 1 aromatic heterocycles. The second kappa shape index (κ2) is 7.66. The van der Waals surface area contributed by atoms with E-state index in [4.69, 9.17) is 4.98 Å². The molecule has 2 heterocycles. The number of anilines is 3. The monoisotopic (exact) mass is 486 g/mol. The van der Waals surface area contributed by atoms with Crippen molar-refractivity contribution in [1.82, 2.24) is 4.98 Å². The minimum Gasteiger partial charge on any atom is -0.294 e. The fraction of sp³-hybridized carbons (Fsp3) is 0.0833. The Labute approximate surface area is 222 Å². The number of nitrogens with zero attached hydrogens (tertiary/aromatic N) is 2. The van der Waals surface area contributed by atoms with E-state index in [1.54, 1.807) is 0 Å². The molecule has 2 nitrogen and oxygen atoms in total. The van der Waals surface area contributed by atoms with E-state index in [0.29, 0.717) is 0 Å². The molecule has 2 aliphatic rings. The van der Waals surface area contributed by atoms with Crippen molar-refractivity contribution in [3.8, 4) is 33.4 Å². The van der Waals surface area contributed by atoms with Gasteiger partial charge in [0.15, 0.2) is 0 Å². The summed E-state index contributed by atoms with van der Waals surface area (Å²) in [7, 11) is 0. The Morgan fingerprint density at radius 1 is 0.553 bits per heavy atom. The smallest absolute Gasteiger partial charge is 0.138 e. The summed E-state index contributed by atoms with van der Waals surface area (Å²) in [6.45, 7) is 4.69. The van der Waals surface area contributed by atoms with E-state index in [0.717, 1.165) is 11.4 Å². The maximum Gasteiger partial charge on any atom is 0.138 e. The van der Waals surface area contributed by atoms with Crippen LogP contribution in [0.2, 0.25) is 0 Å². The molecule has 0 unspecified atom stereocenters.